The molecule has 1 aliphatic heterocycles. The van der Waals surface area contributed by atoms with Crippen molar-refractivity contribution in [3.05, 3.63) is 52.3 Å². The first-order valence-corrected chi connectivity index (χ1v) is 35.8. The van der Waals surface area contributed by atoms with Crippen LogP contribution < -0.4 is 26.0 Å². The van der Waals surface area contributed by atoms with Crippen molar-refractivity contribution < 1.29 is 90.9 Å². The lowest BCUT2D eigenvalue weighted by Crippen LogP contribution is -2.46. The molecule has 1 saturated heterocycles. The van der Waals surface area contributed by atoms with Crippen LogP contribution in [-0.4, -0.2) is 188 Å². The molecular formula is C66H99BrN7O19P. The minimum atomic E-state index is -3.29. The third-order valence-corrected chi connectivity index (χ3v) is 18.8. The largest absolute Gasteiger partial charge is 0.483 e. The number of Topliss-reactive ketones (excluding diaryl/α,β-unsaturated/α-hetero) is 2. The number of piperidine rings is 1. The number of pyridine rings is 1. The van der Waals surface area contributed by atoms with Crippen LogP contribution in [0.4, 0.5) is 5.82 Å². The summed E-state index contributed by atoms with van der Waals surface area (Å²) >= 11 is 3.36. The molecule has 26 nitrogen and oxygen atoms in total. The highest BCUT2D eigenvalue weighted by Gasteiger charge is 2.67. The summed E-state index contributed by atoms with van der Waals surface area (Å²) in [5.41, 5.74) is 0.997. The van der Waals surface area contributed by atoms with Gasteiger partial charge in [-0.05, 0) is 99.0 Å². The molecule has 1 aliphatic carbocycles. The number of carbonyl (C=O) groups excluding carboxylic acids is 7. The van der Waals surface area contributed by atoms with Crippen molar-refractivity contribution in [3.8, 4) is 5.75 Å². The van der Waals surface area contributed by atoms with Gasteiger partial charge in [0.15, 0.2) is 17.9 Å². The van der Waals surface area contributed by atoms with Gasteiger partial charge in [-0.3, -0.25) is 42.9 Å². The van der Waals surface area contributed by atoms with Gasteiger partial charge in [-0.2, -0.15) is 0 Å². The predicted octanol–water partition coefficient (Wildman–Crippen LogP) is 8.89. The number of hydrogen-bond donors (Lipinski definition) is 6. The van der Waals surface area contributed by atoms with Gasteiger partial charge in [0, 0.05) is 87.2 Å². The maximum Gasteiger partial charge on any atom is 0.326 e. The molecule has 5 rings (SSSR count). The SMILES string of the molecule is CCOP(=O)(COC)COc1ccc2c(C(C)=O)cn(CC(=O)N3[C@H](C(=O)Nc4nc(Br)ccc4C)C[C@@]4(CNC(=O)COCCOCCCC(=O)COCCOCCNC(=O)CC[C@H](NC(=O)CCCCCCCCCCCCCCCCC(=O)O)C(=O)O)C[C@@H]34)c2c1. The number of likely N-dealkylation sites (tertiary alicyclic amines) is 1. The van der Waals surface area contributed by atoms with Crippen molar-refractivity contribution in [1.29, 1.82) is 0 Å². The van der Waals surface area contributed by atoms with E-state index in [0.717, 1.165) is 51.4 Å². The van der Waals surface area contributed by atoms with E-state index in [1.807, 2.05) is 0 Å². The molecule has 0 bridgehead atoms. The van der Waals surface area contributed by atoms with Crippen LogP contribution in [0.25, 0.3) is 10.9 Å². The Morgan fingerprint density at radius 1 is 0.723 bits per heavy atom. The summed E-state index contributed by atoms with van der Waals surface area (Å²) in [4.78, 5) is 120. The minimum Gasteiger partial charge on any atom is -0.483 e. The molecule has 5 atom stereocenters. The lowest BCUT2D eigenvalue weighted by atomic mass is 9.99. The highest BCUT2D eigenvalue weighted by atomic mass is 79.9. The number of benzene rings is 1. The van der Waals surface area contributed by atoms with Gasteiger partial charge in [0.05, 0.1) is 45.2 Å². The van der Waals surface area contributed by atoms with E-state index < -0.39 is 48.6 Å². The molecule has 0 radical (unpaired) electrons. The number of unbranched alkanes of at least 4 members (excludes halogenated alkanes) is 13. The van der Waals surface area contributed by atoms with Gasteiger partial charge in [0.2, 0.25) is 29.5 Å². The lowest BCUT2D eigenvalue weighted by Gasteiger charge is -2.27. The number of aliphatic carboxylic acids is 2. The van der Waals surface area contributed by atoms with Crippen LogP contribution in [0.15, 0.2) is 41.1 Å². The predicted molar refractivity (Wildman–Crippen MR) is 354 cm³/mol. The fraction of sp³-hybridized carbons (Fsp3) is 0.667. The van der Waals surface area contributed by atoms with E-state index in [4.69, 9.17) is 38.1 Å². The normalized spacial score (nSPS) is 16.6. The Labute approximate surface area is 559 Å². The summed E-state index contributed by atoms with van der Waals surface area (Å²) in [6, 6.07) is 6.08. The third kappa shape index (κ3) is 28.3. The van der Waals surface area contributed by atoms with E-state index in [1.165, 1.54) is 46.1 Å². The molecule has 1 unspecified atom stereocenters. The van der Waals surface area contributed by atoms with Crippen LogP contribution in [0, 0.1) is 12.3 Å². The number of carboxylic acid groups (broad SMARTS) is 2. The van der Waals surface area contributed by atoms with Crippen LogP contribution in [0.1, 0.15) is 171 Å². The maximum atomic E-state index is 14.6. The Hall–Kier alpha value is -6.19. The van der Waals surface area contributed by atoms with Gasteiger partial charge in [-0.1, -0.05) is 83.1 Å². The van der Waals surface area contributed by atoms with Crippen molar-refractivity contribution in [2.45, 2.75) is 187 Å². The minimum absolute atomic E-state index is 0.0496. The number of ketones is 2. The number of rotatable bonds is 53. The second-order valence-corrected chi connectivity index (χ2v) is 27.4. The number of hydrogen-bond acceptors (Lipinski definition) is 18. The first-order chi connectivity index (χ1) is 45.2. The number of anilines is 1. The van der Waals surface area contributed by atoms with Gasteiger partial charge in [-0.15, -0.1) is 0 Å². The van der Waals surface area contributed by atoms with Crippen LogP contribution in [0.5, 0.6) is 5.75 Å². The number of amides is 5. The zero-order chi connectivity index (χ0) is 68.3. The molecule has 2 aromatic heterocycles. The van der Waals surface area contributed by atoms with E-state index in [9.17, 15) is 52.8 Å². The van der Waals surface area contributed by atoms with Crippen LogP contribution >= 0.6 is 23.3 Å². The van der Waals surface area contributed by atoms with Crippen LogP contribution in [-0.2, 0) is 77.7 Å². The zero-order valence-corrected chi connectivity index (χ0v) is 57.6. The molecule has 1 saturated carbocycles. The Morgan fingerprint density at radius 2 is 1.36 bits per heavy atom. The van der Waals surface area contributed by atoms with Crippen LogP contribution in [0.3, 0.4) is 0 Å². The molecule has 5 amide bonds. The van der Waals surface area contributed by atoms with Gasteiger partial charge in [0.1, 0.15) is 54.4 Å². The molecule has 3 aromatic rings. The summed E-state index contributed by atoms with van der Waals surface area (Å²) in [6.07, 6.45) is 17.9. The van der Waals surface area contributed by atoms with Crippen LogP contribution in [0.2, 0.25) is 0 Å². The van der Waals surface area contributed by atoms with E-state index >= 15 is 0 Å². The molecule has 2 aliphatic rings. The average Bonchev–Trinajstić information content (AvgIpc) is 1.54. The molecule has 94 heavy (non-hydrogen) atoms. The van der Waals surface area contributed by atoms with E-state index in [0.29, 0.717) is 57.5 Å². The highest BCUT2D eigenvalue weighted by molar-refractivity contribution is 9.10. The summed E-state index contributed by atoms with van der Waals surface area (Å²) in [5.74, 6) is -3.55. The number of aryl methyl sites for hydroxylation is 1. The Kier molecular flexibility index (Phi) is 35.4. The standard InChI is InChI=1S/C66H99BrN7O19P/c1-5-93-94(86,45-87-4)46-92-50-25-26-51-52(48(3)75)40-73(54(51)37-50)41-61(80)74-55(64(83)72-63-47(2)24-28-57(67)71-63)38-66(39-56(66)74)44-69-60(79)43-91-36-33-88-31-20-21-49(76)42-90-35-34-89-32-30-68-58(77)29-27-53(65(84)85)70-59(78)22-18-16-14-12-10-8-6-7-9-11-13-15-17-19-23-62(81)82/h24-26,28,37,40,53,55-56H,5-23,27,29-36,38-39,41-46H2,1-4H3,(H,68,77)(H,69,79)(H,70,78)(H,81,82)(H,84,85)(H,71,72,83)/t53-,55-,56+,66-,94?/m0/s1. The smallest absolute Gasteiger partial charge is 0.326 e. The maximum absolute atomic E-state index is 14.6. The van der Waals surface area contributed by atoms with Gasteiger partial charge >= 0.3 is 11.9 Å². The molecule has 1 aromatic carbocycles. The molecule has 28 heteroatoms. The number of carboxylic acids is 2. The second-order valence-electron chi connectivity index (χ2n) is 24.2. The first kappa shape index (κ1) is 78.5. The van der Waals surface area contributed by atoms with E-state index in [1.54, 1.807) is 59.8 Å². The first-order valence-electron chi connectivity index (χ1n) is 33.0. The Morgan fingerprint density at radius 3 is 2.00 bits per heavy atom. The number of ether oxygens (including phenoxy) is 6. The van der Waals surface area contributed by atoms with E-state index in [2.05, 4.69) is 42.2 Å². The van der Waals surface area contributed by atoms with Crippen molar-refractivity contribution in [2.75, 3.05) is 97.7 Å². The topological polar surface area (TPSA) is 345 Å². The number of halogens is 1. The average molecular weight is 1410 g/mol. The molecule has 0 spiro atoms. The van der Waals surface area contributed by atoms with Crippen molar-refractivity contribution in [3.63, 3.8) is 0 Å². The number of nitrogens with zero attached hydrogens (tertiary/aromatic N) is 3. The van der Waals surface area contributed by atoms with E-state index in [-0.39, 0.29) is 166 Å². The quantitative estimate of drug-likeness (QED) is 0.0133. The number of carbonyl (C=O) groups is 9. The number of aromatic nitrogens is 2. The second kappa shape index (κ2) is 42.4. The summed E-state index contributed by atoms with van der Waals surface area (Å²) in [6.45, 7) is 5.99. The molecule has 2 fully saturated rings. The summed E-state index contributed by atoms with van der Waals surface area (Å²) in [5, 5.41) is 29.9. The van der Waals surface area contributed by atoms with Gasteiger partial charge < -0.3 is 73.9 Å². The zero-order valence-electron chi connectivity index (χ0n) is 55.2. The number of nitrogens with one attached hydrogen (secondary N) is 4. The number of fused-ring (bicyclic) bond motifs is 2. The highest BCUT2D eigenvalue weighted by Crippen LogP contribution is 2.59. The van der Waals surface area contributed by atoms with Gasteiger partial charge in [-0.25, -0.2) is 9.78 Å². The lowest BCUT2D eigenvalue weighted by molar-refractivity contribution is -0.142. The Balaban J connectivity index is 0.900. The van der Waals surface area contributed by atoms with Crippen molar-refractivity contribution in [1.82, 2.24) is 30.4 Å². The monoisotopic (exact) mass is 1400 g/mol. The van der Waals surface area contributed by atoms with Gasteiger partial charge in [0.25, 0.3) is 7.37 Å². The molecule has 524 valence electrons. The summed E-state index contributed by atoms with van der Waals surface area (Å²) < 4.78 is 54.0. The fourth-order valence-corrected chi connectivity index (χ4v) is 13.2. The number of methoxy groups -OCH3 is 1. The third-order valence-electron chi connectivity index (χ3n) is 16.5. The summed E-state index contributed by atoms with van der Waals surface area (Å²) in [7, 11) is -1.87. The fourth-order valence-electron chi connectivity index (χ4n) is 11.4. The van der Waals surface area contributed by atoms with Crippen molar-refractivity contribution in [2.24, 2.45) is 5.41 Å². The molecule has 3 heterocycles. The van der Waals surface area contributed by atoms with Crippen molar-refractivity contribution >= 4 is 93.1 Å². The Bertz CT molecular complexity index is 2990. The molecular weight excluding hydrogens is 1310 g/mol. The molecule has 6 N–H and O–H groups in total.